The van der Waals surface area contributed by atoms with Gasteiger partial charge in [-0.15, -0.1) is 0 Å². The molecule has 130 valence electrons. The second kappa shape index (κ2) is 8.03. The van der Waals surface area contributed by atoms with Crippen LogP contribution >= 0.6 is 0 Å². The van der Waals surface area contributed by atoms with Gasteiger partial charge in [0.2, 0.25) is 0 Å². The highest BCUT2D eigenvalue weighted by Gasteiger charge is 2.22. The number of nitrogens with one attached hydrogen (secondary N) is 1. The fourth-order valence-electron chi connectivity index (χ4n) is 1.99. The van der Waals surface area contributed by atoms with E-state index in [2.05, 4.69) is 5.32 Å². The van der Waals surface area contributed by atoms with Crippen LogP contribution in [0.2, 0.25) is 0 Å². The highest BCUT2D eigenvalue weighted by atomic mass is 16.6. The number of hydrogen-bond donors (Lipinski definition) is 4. The van der Waals surface area contributed by atoms with Crippen molar-refractivity contribution in [1.82, 2.24) is 5.32 Å². The smallest absolute Gasteiger partial charge is 0.407 e. The summed E-state index contributed by atoms with van der Waals surface area (Å²) >= 11 is 0. The Hall–Kier alpha value is -1.99. The molecule has 0 aliphatic heterocycles. The van der Waals surface area contributed by atoms with E-state index < -0.39 is 23.9 Å². The lowest BCUT2D eigenvalue weighted by Crippen LogP contribution is -2.34. The Morgan fingerprint density at radius 3 is 2.57 bits per heavy atom. The van der Waals surface area contributed by atoms with Crippen molar-refractivity contribution in [2.24, 2.45) is 0 Å². The number of aliphatic hydroxyl groups excluding tert-OH is 2. The van der Waals surface area contributed by atoms with E-state index in [0.717, 1.165) is 0 Å². The number of anilines is 1. The average Bonchev–Trinajstić information content (AvgIpc) is 2.44. The Morgan fingerprint density at radius 1 is 1.35 bits per heavy atom. The number of carbonyl (C=O) groups excluding carboxylic acids is 1. The lowest BCUT2D eigenvalue weighted by molar-refractivity contribution is 0.0111. The first-order valence-corrected chi connectivity index (χ1v) is 7.40. The maximum absolute atomic E-state index is 11.5. The number of ether oxygens (including phenoxy) is 2. The molecule has 0 bridgehead atoms. The highest BCUT2D eigenvalue weighted by Crippen LogP contribution is 2.30. The van der Waals surface area contributed by atoms with E-state index in [4.69, 9.17) is 15.2 Å². The number of nitrogens with two attached hydrogens (primary N) is 1. The first-order valence-electron chi connectivity index (χ1n) is 7.40. The quantitative estimate of drug-likeness (QED) is 0.590. The highest BCUT2D eigenvalue weighted by molar-refractivity contribution is 5.67. The van der Waals surface area contributed by atoms with Gasteiger partial charge in [-0.3, -0.25) is 0 Å². The molecule has 0 radical (unpaired) electrons. The molecule has 0 fully saturated rings. The van der Waals surface area contributed by atoms with Crippen LogP contribution in [-0.2, 0) is 4.74 Å². The van der Waals surface area contributed by atoms with Gasteiger partial charge in [0.25, 0.3) is 0 Å². The molecule has 5 N–H and O–H groups in total. The molecule has 1 rings (SSSR count). The van der Waals surface area contributed by atoms with Crippen LogP contribution in [0.25, 0.3) is 0 Å². The third kappa shape index (κ3) is 6.33. The summed E-state index contributed by atoms with van der Waals surface area (Å²) in [6.45, 7) is 5.45. The van der Waals surface area contributed by atoms with E-state index in [1.54, 1.807) is 39.0 Å². The minimum Gasteiger partial charge on any atom is -0.496 e. The first kappa shape index (κ1) is 19.1. The topological polar surface area (TPSA) is 114 Å². The number of amides is 1. The van der Waals surface area contributed by atoms with Gasteiger partial charge in [0.15, 0.2) is 0 Å². The summed E-state index contributed by atoms with van der Waals surface area (Å²) in [7, 11) is 1.47. The van der Waals surface area contributed by atoms with Crippen molar-refractivity contribution in [2.45, 2.75) is 45.0 Å². The predicted molar refractivity (Wildman–Crippen MR) is 87.2 cm³/mol. The molecule has 0 aliphatic carbocycles. The molecule has 7 nitrogen and oxygen atoms in total. The van der Waals surface area contributed by atoms with Crippen LogP contribution < -0.4 is 15.8 Å². The normalized spacial score (nSPS) is 14.0. The molecule has 2 atom stereocenters. The zero-order valence-corrected chi connectivity index (χ0v) is 14.0. The number of hydrogen-bond acceptors (Lipinski definition) is 6. The summed E-state index contributed by atoms with van der Waals surface area (Å²) < 4.78 is 10.2. The lowest BCUT2D eigenvalue weighted by Gasteiger charge is -2.22. The molecule has 1 aromatic rings. The first-order chi connectivity index (χ1) is 10.6. The zero-order chi connectivity index (χ0) is 17.6. The Labute approximate surface area is 136 Å². The van der Waals surface area contributed by atoms with Crippen molar-refractivity contribution in [3.63, 3.8) is 0 Å². The van der Waals surface area contributed by atoms with E-state index in [0.29, 0.717) is 17.0 Å². The predicted octanol–water partition coefficient (Wildman–Crippen LogP) is 1.59. The van der Waals surface area contributed by atoms with Crippen LogP contribution in [0.15, 0.2) is 18.2 Å². The number of methoxy groups -OCH3 is 1. The number of alkyl carbamates (subject to hydrolysis) is 1. The van der Waals surface area contributed by atoms with Crippen LogP contribution in [-0.4, -0.2) is 41.7 Å². The van der Waals surface area contributed by atoms with E-state index in [1.165, 1.54) is 7.11 Å². The summed E-state index contributed by atoms with van der Waals surface area (Å²) in [5.74, 6) is 0.436. The average molecular weight is 326 g/mol. The van der Waals surface area contributed by atoms with Crippen LogP contribution in [0, 0.1) is 0 Å². The maximum atomic E-state index is 11.5. The molecule has 0 aliphatic rings. The van der Waals surface area contributed by atoms with Gasteiger partial charge in [-0.2, -0.15) is 0 Å². The second-order valence-corrected chi connectivity index (χ2v) is 6.23. The number of aliphatic hydroxyl groups is 2. The van der Waals surface area contributed by atoms with Crippen molar-refractivity contribution < 1.29 is 24.5 Å². The molecular formula is C16H26N2O5. The minimum absolute atomic E-state index is 0.151. The van der Waals surface area contributed by atoms with Crippen LogP contribution in [0.1, 0.15) is 38.9 Å². The molecule has 23 heavy (non-hydrogen) atoms. The zero-order valence-electron chi connectivity index (χ0n) is 14.0. The molecule has 1 aromatic carbocycles. The molecule has 0 aromatic heterocycles. The van der Waals surface area contributed by atoms with E-state index in [1.807, 2.05) is 0 Å². The fourth-order valence-corrected chi connectivity index (χ4v) is 1.99. The van der Waals surface area contributed by atoms with Gasteiger partial charge >= 0.3 is 6.09 Å². The summed E-state index contributed by atoms with van der Waals surface area (Å²) in [6, 6.07) is 4.82. The number of benzene rings is 1. The molecule has 0 saturated heterocycles. The molecule has 0 saturated carbocycles. The monoisotopic (exact) mass is 326 g/mol. The summed E-state index contributed by atoms with van der Waals surface area (Å²) in [5, 5.41) is 22.9. The van der Waals surface area contributed by atoms with Gasteiger partial charge in [0, 0.05) is 17.8 Å². The van der Waals surface area contributed by atoms with Crippen LogP contribution in [0.4, 0.5) is 10.5 Å². The fraction of sp³-hybridized carbons (Fsp3) is 0.562. The third-order valence-corrected chi connectivity index (χ3v) is 3.05. The molecule has 1 amide bonds. The molecular weight excluding hydrogens is 300 g/mol. The Balaban J connectivity index is 2.56. The Kier molecular flexibility index (Phi) is 6.65. The minimum atomic E-state index is -1.17. The summed E-state index contributed by atoms with van der Waals surface area (Å²) in [5.41, 5.74) is 5.97. The molecule has 2 unspecified atom stereocenters. The van der Waals surface area contributed by atoms with Crippen LogP contribution in [0.3, 0.4) is 0 Å². The van der Waals surface area contributed by atoms with Crippen LogP contribution in [0.5, 0.6) is 5.75 Å². The van der Waals surface area contributed by atoms with Crippen molar-refractivity contribution in [1.29, 1.82) is 0 Å². The van der Waals surface area contributed by atoms with Gasteiger partial charge in [0.05, 0.1) is 13.2 Å². The van der Waals surface area contributed by atoms with Crippen molar-refractivity contribution >= 4 is 11.8 Å². The van der Waals surface area contributed by atoms with Crippen molar-refractivity contribution in [3.05, 3.63) is 23.8 Å². The lowest BCUT2D eigenvalue weighted by atomic mass is 10.0. The van der Waals surface area contributed by atoms with Gasteiger partial charge < -0.3 is 30.7 Å². The molecule has 7 heteroatoms. The largest absolute Gasteiger partial charge is 0.496 e. The van der Waals surface area contributed by atoms with E-state index in [9.17, 15) is 15.0 Å². The standard InChI is InChI=1S/C16H26N2O5/c1-16(2,3)23-15(21)18-8-7-12(19)14(20)11-9-10(17)5-6-13(11)22-4/h5-6,9,12,14,19-20H,7-8,17H2,1-4H3,(H,18,21). The third-order valence-electron chi connectivity index (χ3n) is 3.05. The van der Waals surface area contributed by atoms with Gasteiger partial charge in [0.1, 0.15) is 17.5 Å². The van der Waals surface area contributed by atoms with Crippen molar-refractivity contribution in [2.75, 3.05) is 19.4 Å². The summed E-state index contributed by atoms with van der Waals surface area (Å²) in [4.78, 5) is 11.5. The number of carbonyl (C=O) groups is 1. The van der Waals surface area contributed by atoms with Gasteiger partial charge in [-0.05, 0) is 45.4 Å². The van der Waals surface area contributed by atoms with Gasteiger partial charge in [-0.1, -0.05) is 0 Å². The van der Waals surface area contributed by atoms with E-state index in [-0.39, 0.29) is 13.0 Å². The van der Waals surface area contributed by atoms with Gasteiger partial charge in [-0.25, -0.2) is 4.79 Å². The van der Waals surface area contributed by atoms with Crippen molar-refractivity contribution in [3.8, 4) is 5.75 Å². The Bertz CT molecular complexity index is 528. The number of rotatable bonds is 6. The molecule has 0 heterocycles. The Morgan fingerprint density at radius 2 is 2.00 bits per heavy atom. The maximum Gasteiger partial charge on any atom is 0.407 e. The number of nitrogen functional groups attached to an aromatic ring is 1. The molecule has 0 spiro atoms. The summed E-state index contributed by atoms with van der Waals surface area (Å²) in [6.07, 6.45) is -2.67. The van der Waals surface area contributed by atoms with E-state index >= 15 is 0 Å². The second-order valence-electron chi connectivity index (χ2n) is 6.23. The SMILES string of the molecule is COc1ccc(N)cc1C(O)C(O)CCNC(=O)OC(C)(C)C.